The predicted octanol–water partition coefficient (Wildman–Crippen LogP) is 1.57. The average molecular weight is 289 g/mol. The van der Waals surface area contributed by atoms with Crippen molar-refractivity contribution in [2.24, 2.45) is 0 Å². The number of benzene rings is 1. The standard InChI is InChI=1S/C16H19NO4/c1-20-13-8-6-12(7-9-13)11-15(18)17-10-4-3-5-14(17)16(19)21-2/h3-4,6-9,14H,5,10-11H2,1-2H3. The third kappa shape index (κ3) is 3.62. The van der Waals surface area contributed by atoms with E-state index in [1.807, 2.05) is 36.4 Å². The molecule has 0 spiro atoms. The third-order valence-corrected chi connectivity index (χ3v) is 3.51. The summed E-state index contributed by atoms with van der Waals surface area (Å²) in [5, 5.41) is 0. The fraction of sp³-hybridized carbons (Fsp3) is 0.375. The Kier molecular flexibility index (Phi) is 4.98. The zero-order valence-electron chi connectivity index (χ0n) is 12.2. The summed E-state index contributed by atoms with van der Waals surface area (Å²) >= 11 is 0. The number of rotatable bonds is 4. The average Bonchev–Trinajstić information content (AvgIpc) is 2.54. The number of carbonyl (C=O) groups is 2. The van der Waals surface area contributed by atoms with Crippen LogP contribution in [0.2, 0.25) is 0 Å². The molecule has 0 fully saturated rings. The Morgan fingerprint density at radius 2 is 1.90 bits per heavy atom. The zero-order chi connectivity index (χ0) is 15.2. The molecule has 5 nitrogen and oxygen atoms in total. The smallest absolute Gasteiger partial charge is 0.328 e. The van der Waals surface area contributed by atoms with E-state index in [0.29, 0.717) is 13.0 Å². The molecule has 21 heavy (non-hydrogen) atoms. The summed E-state index contributed by atoms with van der Waals surface area (Å²) in [6.45, 7) is 0.439. The molecule has 1 heterocycles. The van der Waals surface area contributed by atoms with Crippen LogP contribution in [-0.4, -0.2) is 43.6 Å². The predicted molar refractivity (Wildman–Crippen MR) is 78.0 cm³/mol. The lowest BCUT2D eigenvalue weighted by Gasteiger charge is -2.31. The van der Waals surface area contributed by atoms with Crippen LogP contribution < -0.4 is 4.74 Å². The monoisotopic (exact) mass is 289 g/mol. The molecule has 0 bridgehead atoms. The van der Waals surface area contributed by atoms with Gasteiger partial charge in [0.2, 0.25) is 5.91 Å². The van der Waals surface area contributed by atoms with Crippen molar-refractivity contribution < 1.29 is 19.1 Å². The number of amides is 1. The van der Waals surface area contributed by atoms with E-state index < -0.39 is 6.04 Å². The van der Waals surface area contributed by atoms with E-state index >= 15 is 0 Å². The van der Waals surface area contributed by atoms with E-state index in [1.165, 1.54) is 7.11 Å². The minimum atomic E-state index is -0.522. The molecule has 0 aromatic heterocycles. The second-order valence-electron chi connectivity index (χ2n) is 4.82. The third-order valence-electron chi connectivity index (χ3n) is 3.51. The van der Waals surface area contributed by atoms with Crippen LogP contribution >= 0.6 is 0 Å². The Hall–Kier alpha value is -2.30. The first-order valence-corrected chi connectivity index (χ1v) is 6.81. The summed E-state index contributed by atoms with van der Waals surface area (Å²) < 4.78 is 9.86. The minimum Gasteiger partial charge on any atom is -0.497 e. The van der Waals surface area contributed by atoms with Gasteiger partial charge in [-0.3, -0.25) is 4.79 Å². The van der Waals surface area contributed by atoms with Crippen LogP contribution in [0.3, 0.4) is 0 Å². The molecule has 0 radical (unpaired) electrons. The highest BCUT2D eigenvalue weighted by Gasteiger charge is 2.30. The number of carbonyl (C=O) groups excluding carboxylic acids is 2. The van der Waals surface area contributed by atoms with E-state index in [0.717, 1.165) is 11.3 Å². The largest absolute Gasteiger partial charge is 0.497 e. The van der Waals surface area contributed by atoms with Crippen LogP contribution in [0.5, 0.6) is 5.75 Å². The quantitative estimate of drug-likeness (QED) is 0.623. The molecule has 1 unspecified atom stereocenters. The summed E-state index contributed by atoms with van der Waals surface area (Å²) in [5.74, 6) is 0.293. The maximum Gasteiger partial charge on any atom is 0.328 e. The summed E-state index contributed by atoms with van der Waals surface area (Å²) in [7, 11) is 2.94. The number of hydrogen-bond donors (Lipinski definition) is 0. The van der Waals surface area contributed by atoms with Crippen LogP contribution in [-0.2, 0) is 20.7 Å². The molecule has 0 aliphatic carbocycles. The first-order chi connectivity index (χ1) is 10.2. The molecule has 1 amide bonds. The van der Waals surface area contributed by atoms with Gasteiger partial charge in [-0.25, -0.2) is 4.79 Å². The minimum absolute atomic E-state index is 0.0834. The summed E-state index contributed by atoms with van der Waals surface area (Å²) in [4.78, 5) is 25.7. The molecule has 1 atom stereocenters. The number of esters is 1. The first kappa shape index (κ1) is 15.1. The Bertz CT molecular complexity index is 536. The second kappa shape index (κ2) is 6.92. The lowest BCUT2D eigenvalue weighted by Crippen LogP contribution is -2.47. The van der Waals surface area contributed by atoms with Gasteiger partial charge in [0.15, 0.2) is 0 Å². The van der Waals surface area contributed by atoms with Crippen molar-refractivity contribution >= 4 is 11.9 Å². The summed E-state index contributed by atoms with van der Waals surface area (Å²) in [6.07, 6.45) is 4.55. The van der Waals surface area contributed by atoms with Gasteiger partial charge in [-0.05, 0) is 24.1 Å². The molecule has 112 valence electrons. The fourth-order valence-corrected chi connectivity index (χ4v) is 2.32. The summed E-state index contributed by atoms with van der Waals surface area (Å²) in [6, 6.07) is 6.81. The molecule has 5 heteroatoms. The molecule has 1 aliphatic rings. The Labute approximate surface area is 124 Å². The Morgan fingerprint density at radius 3 is 2.52 bits per heavy atom. The van der Waals surface area contributed by atoms with Gasteiger partial charge < -0.3 is 14.4 Å². The van der Waals surface area contributed by atoms with Gasteiger partial charge in [-0.1, -0.05) is 24.3 Å². The second-order valence-corrected chi connectivity index (χ2v) is 4.82. The number of hydrogen-bond acceptors (Lipinski definition) is 4. The molecule has 1 aliphatic heterocycles. The van der Waals surface area contributed by atoms with E-state index in [-0.39, 0.29) is 18.3 Å². The van der Waals surface area contributed by atoms with Crippen molar-refractivity contribution in [3.63, 3.8) is 0 Å². The van der Waals surface area contributed by atoms with Crippen LogP contribution in [0.25, 0.3) is 0 Å². The highest BCUT2D eigenvalue weighted by Crippen LogP contribution is 2.17. The number of nitrogens with zero attached hydrogens (tertiary/aromatic N) is 1. The van der Waals surface area contributed by atoms with Crippen molar-refractivity contribution in [2.75, 3.05) is 20.8 Å². The van der Waals surface area contributed by atoms with E-state index in [2.05, 4.69) is 0 Å². The van der Waals surface area contributed by atoms with Gasteiger partial charge in [0.1, 0.15) is 11.8 Å². The maximum atomic E-state index is 12.4. The lowest BCUT2D eigenvalue weighted by molar-refractivity contribution is -0.152. The maximum absolute atomic E-state index is 12.4. The number of methoxy groups -OCH3 is 2. The zero-order valence-corrected chi connectivity index (χ0v) is 12.2. The van der Waals surface area contributed by atoms with E-state index in [4.69, 9.17) is 9.47 Å². The molecule has 0 N–H and O–H groups in total. The Balaban J connectivity index is 2.06. The topological polar surface area (TPSA) is 55.8 Å². The molecule has 0 saturated carbocycles. The van der Waals surface area contributed by atoms with Gasteiger partial charge >= 0.3 is 5.97 Å². The van der Waals surface area contributed by atoms with Gasteiger partial charge in [0.25, 0.3) is 0 Å². The van der Waals surface area contributed by atoms with Gasteiger partial charge in [0, 0.05) is 6.54 Å². The molecule has 1 aromatic rings. The van der Waals surface area contributed by atoms with Gasteiger partial charge in [0.05, 0.1) is 20.6 Å². The van der Waals surface area contributed by atoms with Crippen LogP contribution in [0.1, 0.15) is 12.0 Å². The molecule has 0 saturated heterocycles. The van der Waals surface area contributed by atoms with Crippen molar-refractivity contribution in [3.05, 3.63) is 42.0 Å². The van der Waals surface area contributed by atoms with E-state index in [9.17, 15) is 9.59 Å². The van der Waals surface area contributed by atoms with Crippen LogP contribution in [0, 0.1) is 0 Å². The SMILES string of the molecule is COC(=O)C1CC=CCN1C(=O)Cc1ccc(OC)cc1. The summed E-state index contributed by atoms with van der Waals surface area (Å²) in [5.41, 5.74) is 0.888. The van der Waals surface area contributed by atoms with Crippen molar-refractivity contribution in [1.82, 2.24) is 4.90 Å². The van der Waals surface area contributed by atoms with Crippen LogP contribution in [0.4, 0.5) is 0 Å². The van der Waals surface area contributed by atoms with Crippen LogP contribution in [0.15, 0.2) is 36.4 Å². The Morgan fingerprint density at radius 1 is 1.19 bits per heavy atom. The van der Waals surface area contributed by atoms with Gasteiger partial charge in [-0.2, -0.15) is 0 Å². The first-order valence-electron chi connectivity index (χ1n) is 6.81. The number of ether oxygens (including phenoxy) is 2. The molecular weight excluding hydrogens is 270 g/mol. The highest BCUT2D eigenvalue weighted by molar-refractivity contribution is 5.86. The van der Waals surface area contributed by atoms with Crippen molar-refractivity contribution in [1.29, 1.82) is 0 Å². The molecule has 2 rings (SSSR count). The van der Waals surface area contributed by atoms with Crippen molar-refractivity contribution in [3.8, 4) is 5.75 Å². The lowest BCUT2D eigenvalue weighted by atomic mass is 10.1. The highest BCUT2D eigenvalue weighted by atomic mass is 16.5. The fourth-order valence-electron chi connectivity index (χ4n) is 2.32. The van der Waals surface area contributed by atoms with Gasteiger partial charge in [-0.15, -0.1) is 0 Å². The molecular formula is C16H19NO4. The van der Waals surface area contributed by atoms with E-state index in [1.54, 1.807) is 12.0 Å². The van der Waals surface area contributed by atoms with Crippen molar-refractivity contribution in [2.45, 2.75) is 18.9 Å². The molecule has 1 aromatic carbocycles. The normalized spacial score (nSPS) is 17.4.